The van der Waals surface area contributed by atoms with Gasteiger partial charge in [0, 0.05) is 39.4 Å². The van der Waals surface area contributed by atoms with Crippen molar-refractivity contribution in [3.8, 4) is 0 Å². The Balaban J connectivity index is 0.911. The summed E-state index contributed by atoms with van der Waals surface area (Å²) in [5, 5.41) is 70.9. The maximum atomic E-state index is 13.7. The summed E-state index contributed by atoms with van der Waals surface area (Å²) in [5.74, 6) is -1.16. The van der Waals surface area contributed by atoms with Gasteiger partial charge in [-0.25, -0.2) is 4.79 Å². The van der Waals surface area contributed by atoms with E-state index < -0.39 is 126 Å². The second-order valence-corrected chi connectivity index (χ2v) is 20.3. The lowest BCUT2D eigenvalue weighted by Gasteiger charge is -2.67. The molecule has 64 heavy (non-hydrogen) atoms. The maximum Gasteiger partial charge on any atom is 0.338 e. The van der Waals surface area contributed by atoms with Crippen molar-refractivity contribution in [1.29, 1.82) is 0 Å². The first-order valence-electron chi connectivity index (χ1n) is 23.4. The fourth-order valence-corrected chi connectivity index (χ4v) is 13.1. The first-order valence-corrected chi connectivity index (χ1v) is 23.4. The third kappa shape index (κ3) is 7.92. The average Bonchev–Trinajstić information content (AvgIpc) is 3.49. The molecule has 21 atom stereocenters. The van der Waals surface area contributed by atoms with Gasteiger partial charge < -0.3 is 73.3 Å². The minimum Gasteiger partial charge on any atom is -0.458 e. The van der Waals surface area contributed by atoms with Crippen LogP contribution in [0.25, 0.3) is 0 Å². The molecule has 16 heteroatoms. The number of carbonyl (C=O) groups is 1. The monoisotopic (exact) mass is 904 g/mol. The second-order valence-electron chi connectivity index (χ2n) is 20.3. The summed E-state index contributed by atoms with van der Waals surface area (Å²) in [7, 11) is 3.15. The summed E-state index contributed by atoms with van der Waals surface area (Å²) in [6, 6.07) is 8.56. The second kappa shape index (κ2) is 18.1. The number of hydrogen-bond acceptors (Lipinski definition) is 16. The number of methoxy groups -OCH3 is 2. The van der Waals surface area contributed by atoms with E-state index in [1.54, 1.807) is 58.4 Å². The van der Waals surface area contributed by atoms with Crippen LogP contribution in [-0.2, 0) is 42.6 Å². The number of carbonyl (C=O) groups excluding carboxylic acids is 1. The van der Waals surface area contributed by atoms with Crippen LogP contribution in [0.4, 0.5) is 0 Å². The van der Waals surface area contributed by atoms with Crippen molar-refractivity contribution in [2.45, 2.75) is 215 Å². The number of ether oxygens (including phenoxy) is 9. The predicted octanol–water partition coefficient (Wildman–Crippen LogP) is 3.44. The molecular formula is C48H72O16. The normalized spacial score (nSPS) is 49.8. The average molecular weight is 905 g/mol. The highest BCUT2D eigenvalue weighted by Crippen LogP contribution is 2.71. The van der Waals surface area contributed by atoms with Crippen molar-refractivity contribution in [2.24, 2.45) is 16.7 Å². The molecule has 1 aromatic rings. The molecule has 1 aromatic carbocycles. The first-order chi connectivity index (χ1) is 30.2. The van der Waals surface area contributed by atoms with E-state index in [-0.39, 0.29) is 38.2 Å². The molecule has 0 aromatic heterocycles. The zero-order chi connectivity index (χ0) is 46.1. The quantitative estimate of drug-likeness (QED) is 0.138. The summed E-state index contributed by atoms with van der Waals surface area (Å²) in [4.78, 5) is 13.7. The van der Waals surface area contributed by atoms with Crippen LogP contribution in [0.2, 0.25) is 0 Å². The Morgan fingerprint density at radius 3 is 2.03 bits per heavy atom. The van der Waals surface area contributed by atoms with E-state index in [0.29, 0.717) is 37.7 Å². The standard InChI is InChI=1S/C48H72O16/c1-25-40(51)33(56-7)22-38(58-25)64-42-27(3)60-39(23-34(42)57-8)63-41-26(2)59-37(21-32(41)50)61-31-15-16-44(5)30(20-31)14-17-47(54)35(44)24-36(62-43(52)29-12-10-9-11-13-29)45(6)46(53,28(4)49)18-19-48(45,47)55/h9-14,25-28,31-42,49-51,53-55H,15-24H2,1-8H3/t25-,26-,27-,28+,31+,32+,33-,34-,35-,36-,37+,38+,39+,40-,41-,42-,44+,45-,46-,47+,48-/m1/s1. The van der Waals surface area contributed by atoms with E-state index in [2.05, 4.69) is 6.92 Å². The summed E-state index contributed by atoms with van der Waals surface area (Å²) in [6.45, 7) is 10.7. The Hall–Kier alpha value is -2.13. The Labute approximate surface area is 376 Å². The van der Waals surface area contributed by atoms with E-state index in [4.69, 9.17) is 42.6 Å². The van der Waals surface area contributed by atoms with Crippen molar-refractivity contribution in [1.82, 2.24) is 0 Å². The van der Waals surface area contributed by atoms with Crippen LogP contribution in [-0.4, -0.2) is 160 Å². The molecule has 4 aliphatic carbocycles. The van der Waals surface area contributed by atoms with Gasteiger partial charge in [-0.3, -0.25) is 0 Å². The number of fused-ring (bicyclic) bond motifs is 5. The van der Waals surface area contributed by atoms with Crippen LogP contribution in [0.3, 0.4) is 0 Å². The van der Waals surface area contributed by atoms with Crippen LogP contribution >= 0.6 is 0 Å². The van der Waals surface area contributed by atoms with Crippen molar-refractivity contribution in [2.75, 3.05) is 14.2 Å². The van der Waals surface area contributed by atoms with E-state index in [1.165, 1.54) is 6.92 Å². The van der Waals surface area contributed by atoms with Crippen molar-refractivity contribution in [3.05, 3.63) is 47.5 Å². The van der Waals surface area contributed by atoms with Crippen LogP contribution in [0.15, 0.2) is 42.0 Å². The summed E-state index contributed by atoms with van der Waals surface area (Å²) in [6.07, 6.45) is -4.93. The van der Waals surface area contributed by atoms with E-state index in [0.717, 1.165) is 5.57 Å². The molecule has 16 nitrogen and oxygen atoms in total. The molecule has 0 spiro atoms. The number of rotatable bonds is 11. The van der Waals surface area contributed by atoms with Crippen LogP contribution in [0, 0.1) is 16.7 Å². The summed E-state index contributed by atoms with van der Waals surface area (Å²) >= 11 is 0. The molecular weight excluding hydrogens is 833 g/mol. The van der Waals surface area contributed by atoms with Gasteiger partial charge in [0.2, 0.25) is 0 Å². The molecule has 0 bridgehead atoms. The molecule has 6 fully saturated rings. The van der Waals surface area contributed by atoms with Crippen molar-refractivity contribution >= 4 is 5.97 Å². The molecule has 3 heterocycles. The van der Waals surface area contributed by atoms with E-state index in [9.17, 15) is 35.4 Å². The van der Waals surface area contributed by atoms with Crippen LogP contribution in [0.5, 0.6) is 0 Å². The largest absolute Gasteiger partial charge is 0.458 e. The van der Waals surface area contributed by atoms with Gasteiger partial charge in [-0.05, 0) is 90.2 Å². The van der Waals surface area contributed by atoms with Gasteiger partial charge >= 0.3 is 5.97 Å². The van der Waals surface area contributed by atoms with Gasteiger partial charge in [0.05, 0.1) is 59.8 Å². The van der Waals surface area contributed by atoms with Gasteiger partial charge in [-0.15, -0.1) is 0 Å². The Kier molecular flexibility index (Phi) is 13.6. The number of benzene rings is 1. The van der Waals surface area contributed by atoms with Crippen molar-refractivity contribution in [3.63, 3.8) is 0 Å². The van der Waals surface area contributed by atoms with Gasteiger partial charge in [0.25, 0.3) is 0 Å². The minimum atomic E-state index is -1.90. The SMILES string of the molecule is CO[C@@H]1C[C@H](O[C@@H]2[C@@H](C)O[C@@H](O[C@H]3[C@@H](O)C[C@H](O[C@H]4CC[C@@]5(C)C(=CC[C@]6(O)[C@@H]5C[C@@H](OC(=O)c5ccccc5)[C@@]5(C)[C@]6(O)CC[C@@]5(O)[C@H](C)O)C4)O[C@@H]3C)C[C@H]2OC)O[C@H](C)[C@H]1O. The highest BCUT2D eigenvalue weighted by atomic mass is 16.7. The topological polar surface area (TPSA) is 222 Å². The molecule has 7 aliphatic rings. The highest BCUT2D eigenvalue weighted by Gasteiger charge is 2.81. The maximum absolute atomic E-state index is 13.7. The van der Waals surface area contributed by atoms with Gasteiger partial charge in [-0.1, -0.05) is 43.7 Å². The molecule has 0 radical (unpaired) electrons. The number of aliphatic hydroxyl groups is 6. The van der Waals surface area contributed by atoms with Gasteiger partial charge in [-0.2, -0.15) is 0 Å². The molecule has 360 valence electrons. The zero-order valence-corrected chi connectivity index (χ0v) is 38.5. The number of esters is 1. The lowest BCUT2D eigenvalue weighted by Crippen LogP contribution is -2.78. The molecule has 3 aliphatic heterocycles. The molecule has 0 amide bonds. The first kappa shape index (κ1) is 48.3. The summed E-state index contributed by atoms with van der Waals surface area (Å²) < 4.78 is 55.5. The Bertz CT molecular complexity index is 1820. The van der Waals surface area contributed by atoms with Crippen molar-refractivity contribution < 1.29 is 78.1 Å². The Morgan fingerprint density at radius 2 is 1.39 bits per heavy atom. The smallest absolute Gasteiger partial charge is 0.338 e. The van der Waals surface area contributed by atoms with Gasteiger partial charge in [0.1, 0.15) is 41.2 Å². The molecule has 3 saturated heterocycles. The third-order valence-corrected chi connectivity index (χ3v) is 17.0. The number of aliphatic hydroxyl groups excluding tert-OH is 3. The van der Waals surface area contributed by atoms with E-state index in [1.807, 2.05) is 19.9 Å². The number of hydrogen-bond donors (Lipinski definition) is 6. The lowest BCUT2D eigenvalue weighted by molar-refractivity contribution is -0.338. The predicted molar refractivity (Wildman–Crippen MR) is 227 cm³/mol. The highest BCUT2D eigenvalue weighted by molar-refractivity contribution is 5.89. The summed E-state index contributed by atoms with van der Waals surface area (Å²) in [5.41, 5.74) is -6.28. The zero-order valence-electron chi connectivity index (χ0n) is 38.5. The molecule has 6 N–H and O–H groups in total. The molecule has 8 rings (SSSR count). The van der Waals surface area contributed by atoms with Gasteiger partial charge in [0.15, 0.2) is 18.9 Å². The van der Waals surface area contributed by atoms with E-state index >= 15 is 0 Å². The lowest BCUT2D eigenvalue weighted by atomic mass is 9.42. The third-order valence-electron chi connectivity index (χ3n) is 17.0. The van der Waals surface area contributed by atoms with Crippen LogP contribution < -0.4 is 0 Å². The fourth-order valence-electron chi connectivity index (χ4n) is 13.1. The molecule has 0 unspecified atom stereocenters. The minimum absolute atomic E-state index is 0.0116. The molecule has 3 saturated carbocycles. The Morgan fingerprint density at radius 1 is 0.781 bits per heavy atom. The van der Waals surface area contributed by atoms with Crippen LogP contribution in [0.1, 0.15) is 116 Å². The fraction of sp³-hybridized carbons (Fsp3) is 0.812.